The van der Waals surface area contributed by atoms with Crippen molar-refractivity contribution in [3.8, 4) is 0 Å². The standard InChI is InChI=1S/C17H26FN3O7/c1-2-3-4-5-6-7-19-15(26)12(24)13-10(22)11(23)16(28-13)21-8-9(18)14(25)20-17(21)27/h8,10-13,16,22-24H,2-7H2,1H3,(H,19,26)(H,20,25,27). The van der Waals surface area contributed by atoms with Crippen molar-refractivity contribution in [1.82, 2.24) is 14.9 Å². The summed E-state index contributed by atoms with van der Waals surface area (Å²) in [7, 11) is 0. The fourth-order valence-corrected chi connectivity index (χ4v) is 3.02. The van der Waals surface area contributed by atoms with Crippen molar-refractivity contribution in [1.29, 1.82) is 0 Å². The Morgan fingerprint density at radius 2 is 1.96 bits per heavy atom. The van der Waals surface area contributed by atoms with Crippen LogP contribution >= 0.6 is 0 Å². The van der Waals surface area contributed by atoms with Crippen molar-refractivity contribution in [2.45, 2.75) is 69.7 Å². The topological polar surface area (TPSA) is 154 Å². The maximum absolute atomic E-state index is 13.5. The van der Waals surface area contributed by atoms with Crippen LogP contribution in [0.5, 0.6) is 0 Å². The molecule has 158 valence electrons. The number of amides is 1. The van der Waals surface area contributed by atoms with E-state index in [-0.39, 0.29) is 0 Å². The number of ether oxygens (including phenoxy) is 1. The Morgan fingerprint density at radius 1 is 1.29 bits per heavy atom. The van der Waals surface area contributed by atoms with E-state index in [1.165, 1.54) is 0 Å². The molecule has 0 aliphatic carbocycles. The van der Waals surface area contributed by atoms with Crippen LogP contribution in [0.25, 0.3) is 0 Å². The lowest BCUT2D eigenvalue weighted by Gasteiger charge is -2.20. The van der Waals surface area contributed by atoms with Gasteiger partial charge in [-0.25, -0.2) is 4.79 Å². The molecule has 11 heteroatoms. The second-order valence-electron chi connectivity index (χ2n) is 6.77. The molecular weight excluding hydrogens is 377 g/mol. The van der Waals surface area contributed by atoms with E-state index >= 15 is 0 Å². The van der Waals surface area contributed by atoms with E-state index in [0.29, 0.717) is 17.3 Å². The largest absolute Gasteiger partial charge is 0.387 e. The van der Waals surface area contributed by atoms with Crippen LogP contribution in [0, 0.1) is 5.82 Å². The summed E-state index contributed by atoms with van der Waals surface area (Å²) in [6, 6.07) is 0. The van der Waals surface area contributed by atoms with Crippen molar-refractivity contribution in [2.24, 2.45) is 0 Å². The monoisotopic (exact) mass is 403 g/mol. The molecular formula is C17H26FN3O7. The molecule has 2 rings (SSSR count). The molecule has 1 fully saturated rings. The molecule has 28 heavy (non-hydrogen) atoms. The number of hydrogen-bond acceptors (Lipinski definition) is 7. The van der Waals surface area contributed by atoms with Crippen molar-refractivity contribution in [3.05, 3.63) is 32.9 Å². The number of carbonyl (C=O) groups is 1. The molecule has 1 aromatic heterocycles. The summed E-state index contributed by atoms with van der Waals surface area (Å²) in [5, 5.41) is 32.9. The van der Waals surface area contributed by atoms with Gasteiger partial charge in [0.1, 0.15) is 18.3 Å². The normalized spacial score (nSPS) is 25.6. The van der Waals surface area contributed by atoms with Gasteiger partial charge in [0.25, 0.3) is 11.5 Å². The van der Waals surface area contributed by atoms with Gasteiger partial charge in [-0.05, 0) is 6.42 Å². The number of nitrogens with one attached hydrogen (secondary N) is 2. The molecule has 0 bridgehead atoms. The maximum atomic E-state index is 13.5. The van der Waals surface area contributed by atoms with Crippen LogP contribution in [0.1, 0.15) is 45.3 Å². The van der Waals surface area contributed by atoms with Gasteiger partial charge in [0.15, 0.2) is 12.3 Å². The number of rotatable bonds is 9. The summed E-state index contributed by atoms with van der Waals surface area (Å²) in [5.74, 6) is -2.10. The Balaban J connectivity index is 1.99. The first-order valence-electron chi connectivity index (χ1n) is 9.26. The van der Waals surface area contributed by atoms with Crippen LogP contribution in [-0.4, -0.2) is 61.7 Å². The van der Waals surface area contributed by atoms with Gasteiger partial charge in [-0.3, -0.25) is 19.1 Å². The molecule has 10 nitrogen and oxygen atoms in total. The summed E-state index contributed by atoms with van der Waals surface area (Å²) >= 11 is 0. The second-order valence-corrected chi connectivity index (χ2v) is 6.77. The first kappa shape index (κ1) is 22.2. The van der Waals surface area contributed by atoms with Gasteiger partial charge in [-0.15, -0.1) is 0 Å². The van der Waals surface area contributed by atoms with Gasteiger partial charge in [-0.1, -0.05) is 32.6 Å². The highest BCUT2D eigenvalue weighted by Gasteiger charge is 2.49. The van der Waals surface area contributed by atoms with Crippen molar-refractivity contribution in [2.75, 3.05) is 6.54 Å². The minimum absolute atomic E-state index is 0.332. The molecule has 1 aromatic rings. The molecule has 5 atom stereocenters. The maximum Gasteiger partial charge on any atom is 0.330 e. The Bertz CT molecular complexity index is 781. The Hall–Kier alpha value is -2.08. The van der Waals surface area contributed by atoms with Crippen molar-refractivity contribution in [3.63, 3.8) is 0 Å². The highest BCUT2D eigenvalue weighted by molar-refractivity contribution is 5.81. The Labute approximate surface area is 160 Å². The number of hydrogen-bond donors (Lipinski definition) is 5. The van der Waals surface area contributed by atoms with E-state index in [1.54, 1.807) is 4.98 Å². The molecule has 0 aromatic carbocycles. The molecule has 1 amide bonds. The van der Waals surface area contributed by atoms with Gasteiger partial charge >= 0.3 is 5.69 Å². The minimum Gasteiger partial charge on any atom is -0.387 e. The zero-order valence-corrected chi connectivity index (χ0v) is 15.5. The number of carbonyl (C=O) groups excluding carboxylic acids is 1. The van der Waals surface area contributed by atoms with Gasteiger partial charge in [-0.2, -0.15) is 4.39 Å². The van der Waals surface area contributed by atoms with Crippen LogP contribution in [0.2, 0.25) is 0 Å². The predicted molar refractivity (Wildman–Crippen MR) is 95.0 cm³/mol. The lowest BCUT2D eigenvalue weighted by molar-refractivity contribution is -0.143. The molecule has 0 saturated carbocycles. The van der Waals surface area contributed by atoms with Gasteiger partial charge < -0.3 is 25.4 Å². The lowest BCUT2D eigenvalue weighted by atomic mass is 10.0. The SMILES string of the molecule is CCCCCCCNC(=O)C(O)C1OC(n2cc(F)c(=O)[nH]c2=O)C(O)C1O. The fraction of sp³-hybridized carbons (Fsp3) is 0.706. The van der Waals surface area contributed by atoms with E-state index in [1.807, 2.05) is 0 Å². The molecule has 1 aliphatic rings. The molecule has 2 heterocycles. The van der Waals surface area contributed by atoms with Crippen LogP contribution in [0.15, 0.2) is 15.8 Å². The molecule has 5 N–H and O–H groups in total. The highest BCUT2D eigenvalue weighted by atomic mass is 19.1. The first-order chi connectivity index (χ1) is 13.3. The number of halogens is 1. The zero-order chi connectivity index (χ0) is 20.8. The Morgan fingerprint density at radius 3 is 2.64 bits per heavy atom. The molecule has 0 spiro atoms. The molecule has 1 saturated heterocycles. The van der Waals surface area contributed by atoms with Crippen LogP contribution < -0.4 is 16.6 Å². The second kappa shape index (κ2) is 9.92. The zero-order valence-electron chi connectivity index (χ0n) is 15.5. The van der Waals surface area contributed by atoms with E-state index in [4.69, 9.17) is 4.74 Å². The summed E-state index contributed by atoms with van der Waals surface area (Å²) in [6.07, 6.45) is -2.98. The number of nitrogens with zero attached hydrogens (tertiary/aromatic N) is 1. The number of H-pyrrole nitrogens is 1. The number of aliphatic hydroxyl groups is 3. The minimum atomic E-state index is -1.81. The van der Waals surface area contributed by atoms with Crippen LogP contribution in [0.4, 0.5) is 4.39 Å². The average molecular weight is 403 g/mol. The summed E-state index contributed by atoms with van der Waals surface area (Å²) < 4.78 is 19.3. The quantitative estimate of drug-likeness (QED) is 0.323. The van der Waals surface area contributed by atoms with Gasteiger partial charge in [0, 0.05) is 6.54 Å². The number of aromatic amines is 1. The number of aromatic nitrogens is 2. The number of aliphatic hydroxyl groups excluding tert-OH is 3. The third-order valence-electron chi connectivity index (χ3n) is 4.63. The molecule has 1 aliphatic heterocycles. The van der Waals surface area contributed by atoms with E-state index in [2.05, 4.69) is 12.2 Å². The van der Waals surface area contributed by atoms with Gasteiger partial charge in [0.2, 0.25) is 5.82 Å². The van der Waals surface area contributed by atoms with Crippen molar-refractivity contribution >= 4 is 5.91 Å². The smallest absolute Gasteiger partial charge is 0.330 e. The Kier molecular flexibility index (Phi) is 7.87. The summed E-state index contributed by atoms with van der Waals surface area (Å²) in [4.78, 5) is 36.7. The summed E-state index contributed by atoms with van der Waals surface area (Å²) in [5.41, 5.74) is -2.32. The predicted octanol–water partition coefficient (Wildman–Crippen LogP) is -1.26. The lowest BCUT2D eigenvalue weighted by Crippen LogP contribution is -2.47. The molecule has 5 unspecified atom stereocenters. The number of unbranched alkanes of at least 4 members (excludes halogenated alkanes) is 4. The third kappa shape index (κ3) is 5.04. The van der Waals surface area contributed by atoms with E-state index in [9.17, 15) is 34.1 Å². The van der Waals surface area contributed by atoms with Gasteiger partial charge in [0.05, 0.1) is 6.20 Å². The first-order valence-corrected chi connectivity index (χ1v) is 9.26. The molecule has 0 radical (unpaired) electrons. The fourth-order valence-electron chi connectivity index (χ4n) is 3.02. The highest BCUT2D eigenvalue weighted by Crippen LogP contribution is 2.30. The van der Waals surface area contributed by atoms with Crippen molar-refractivity contribution < 1.29 is 29.2 Å². The van der Waals surface area contributed by atoms with Crippen LogP contribution in [-0.2, 0) is 9.53 Å². The van der Waals surface area contributed by atoms with Crippen LogP contribution in [0.3, 0.4) is 0 Å². The van der Waals surface area contributed by atoms with E-state index in [0.717, 1.165) is 32.1 Å². The third-order valence-corrected chi connectivity index (χ3v) is 4.63. The average Bonchev–Trinajstić information content (AvgIpc) is 2.95. The summed E-state index contributed by atoms with van der Waals surface area (Å²) in [6.45, 7) is 2.42. The van der Waals surface area contributed by atoms with E-state index < -0.39 is 53.6 Å².